The van der Waals surface area contributed by atoms with E-state index in [1.807, 2.05) is 0 Å². The molecule has 0 aromatic carbocycles. The van der Waals surface area contributed by atoms with Gasteiger partial charge >= 0.3 is 0 Å². The van der Waals surface area contributed by atoms with Crippen molar-refractivity contribution in [3.63, 3.8) is 0 Å². The second-order valence-corrected chi connectivity index (χ2v) is 6.39. The van der Waals surface area contributed by atoms with Crippen LogP contribution >= 0.6 is 0 Å². The molecule has 3 rings (SSSR count). The second kappa shape index (κ2) is 5.64. The summed E-state index contributed by atoms with van der Waals surface area (Å²) in [6.07, 6.45) is 4.61. The van der Waals surface area contributed by atoms with E-state index in [0.29, 0.717) is 12.1 Å². The van der Waals surface area contributed by atoms with Gasteiger partial charge in [-0.3, -0.25) is 4.90 Å². The average Bonchev–Trinajstić information content (AvgIpc) is 3.07. The third kappa shape index (κ3) is 2.62. The first-order chi connectivity index (χ1) is 10.1. The van der Waals surface area contributed by atoms with Crippen molar-refractivity contribution in [3.05, 3.63) is 47.4 Å². The van der Waals surface area contributed by atoms with Gasteiger partial charge in [0.25, 0.3) is 0 Å². The van der Waals surface area contributed by atoms with Gasteiger partial charge in [0.15, 0.2) is 0 Å². The van der Waals surface area contributed by atoms with Gasteiger partial charge < -0.3 is 4.57 Å². The Kier molecular flexibility index (Phi) is 3.85. The number of likely N-dealkylation sites (tertiary alicyclic amines) is 1. The molecule has 3 heterocycles. The molecule has 0 unspecified atom stereocenters. The number of rotatable bonds is 3. The molecular weight excluding hydrogens is 258 g/mol. The van der Waals surface area contributed by atoms with Crippen LogP contribution in [0.2, 0.25) is 0 Å². The molecule has 0 amide bonds. The van der Waals surface area contributed by atoms with E-state index in [1.165, 1.54) is 36.3 Å². The van der Waals surface area contributed by atoms with E-state index in [9.17, 15) is 0 Å². The average molecular weight is 283 g/mol. The Morgan fingerprint density at radius 2 is 1.81 bits per heavy atom. The number of nitrogens with zero attached hydrogens (tertiary/aromatic N) is 3. The Morgan fingerprint density at radius 3 is 2.38 bits per heavy atom. The summed E-state index contributed by atoms with van der Waals surface area (Å²) in [7, 11) is 0. The van der Waals surface area contributed by atoms with Crippen LogP contribution in [0.5, 0.6) is 0 Å². The van der Waals surface area contributed by atoms with E-state index in [-0.39, 0.29) is 0 Å². The molecule has 3 heteroatoms. The van der Waals surface area contributed by atoms with Gasteiger partial charge in [-0.1, -0.05) is 6.07 Å². The number of hydrogen-bond acceptors (Lipinski definition) is 2. The molecule has 2 aromatic rings. The largest absolute Gasteiger partial charge is 0.303 e. The minimum absolute atomic E-state index is 0.540. The Hall–Kier alpha value is -1.61. The van der Waals surface area contributed by atoms with E-state index in [0.717, 1.165) is 5.82 Å². The van der Waals surface area contributed by atoms with Crippen LogP contribution in [0.25, 0.3) is 5.82 Å². The van der Waals surface area contributed by atoms with Crippen LogP contribution in [0.4, 0.5) is 0 Å². The third-order valence-corrected chi connectivity index (χ3v) is 4.61. The van der Waals surface area contributed by atoms with Gasteiger partial charge in [-0.15, -0.1) is 0 Å². The van der Waals surface area contributed by atoms with E-state index in [2.05, 4.69) is 67.6 Å². The lowest BCUT2D eigenvalue weighted by Gasteiger charge is -2.28. The molecule has 1 atom stereocenters. The van der Waals surface area contributed by atoms with E-state index in [1.54, 1.807) is 0 Å². The Bertz CT molecular complexity index is 590. The summed E-state index contributed by atoms with van der Waals surface area (Å²) in [6, 6.07) is 9.84. The van der Waals surface area contributed by atoms with Gasteiger partial charge in [0.1, 0.15) is 5.82 Å². The predicted octanol–water partition coefficient (Wildman–Crippen LogP) is 4.03. The fourth-order valence-corrected chi connectivity index (χ4v) is 3.52. The first kappa shape index (κ1) is 14.3. The minimum Gasteiger partial charge on any atom is -0.303 e. The molecule has 21 heavy (non-hydrogen) atoms. The second-order valence-electron chi connectivity index (χ2n) is 6.39. The zero-order valence-corrected chi connectivity index (χ0v) is 13.5. The third-order valence-electron chi connectivity index (χ3n) is 4.61. The lowest BCUT2D eigenvalue weighted by atomic mass is 10.1. The van der Waals surface area contributed by atoms with Crippen LogP contribution in [-0.4, -0.2) is 27.0 Å². The lowest BCUT2D eigenvalue weighted by molar-refractivity contribution is 0.205. The fraction of sp³-hybridized carbons (Fsp3) is 0.500. The van der Waals surface area contributed by atoms with Crippen LogP contribution < -0.4 is 0 Å². The highest BCUT2D eigenvalue weighted by Gasteiger charge is 2.27. The predicted molar refractivity (Wildman–Crippen MR) is 86.9 cm³/mol. The zero-order valence-electron chi connectivity index (χ0n) is 13.5. The van der Waals surface area contributed by atoms with Gasteiger partial charge in [0.2, 0.25) is 0 Å². The van der Waals surface area contributed by atoms with Crippen LogP contribution in [0.15, 0.2) is 30.5 Å². The smallest absolute Gasteiger partial charge is 0.136 e. The van der Waals surface area contributed by atoms with Crippen molar-refractivity contribution in [2.75, 3.05) is 6.54 Å². The summed E-state index contributed by atoms with van der Waals surface area (Å²) in [5, 5.41) is 0. The summed E-state index contributed by atoms with van der Waals surface area (Å²) >= 11 is 0. The van der Waals surface area contributed by atoms with Crippen molar-refractivity contribution in [3.8, 4) is 5.82 Å². The molecule has 1 aliphatic heterocycles. The highest BCUT2D eigenvalue weighted by Crippen LogP contribution is 2.33. The summed E-state index contributed by atoms with van der Waals surface area (Å²) < 4.78 is 2.21. The maximum absolute atomic E-state index is 4.72. The molecule has 0 aliphatic carbocycles. The fourth-order valence-electron chi connectivity index (χ4n) is 3.52. The van der Waals surface area contributed by atoms with Crippen LogP contribution in [0.1, 0.15) is 49.7 Å². The topological polar surface area (TPSA) is 21.1 Å². The molecular formula is C18H25N3. The van der Waals surface area contributed by atoms with E-state index in [4.69, 9.17) is 4.98 Å². The van der Waals surface area contributed by atoms with Crippen LogP contribution in [0, 0.1) is 13.8 Å². The normalized spacial score (nSPS) is 19.6. The van der Waals surface area contributed by atoms with E-state index >= 15 is 0 Å². The number of hydrogen-bond donors (Lipinski definition) is 0. The van der Waals surface area contributed by atoms with Crippen molar-refractivity contribution >= 4 is 0 Å². The Morgan fingerprint density at radius 1 is 1.10 bits per heavy atom. The van der Waals surface area contributed by atoms with Crippen LogP contribution in [0.3, 0.4) is 0 Å². The molecule has 0 spiro atoms. The SMILES string of the molecule is Cc1ccc(C)n1-c1ccc([C@H]2CCCN2C(C)C)cn1. The monoisotopic (exact) mass is 283 g/mol. The number of pyridine rings is 1. The zero-order chi connectivity index (χ0) is 15.0. The minimum atomic E-state index is 0.540. The quantitative estimate of drug-likeness (QED) is 0.848. The molecule has 0 saturated carbocycles. The van der Waals surface area contributed by atoms with Crippen molar-refractivity contribution < 1.29 is 0 Å². The molecule has 3 nitrogen and oxygen atoms in total. The standard InChI is InChI=1S/C18H25N3/c1-13(2)20-11-5-6-17(20)16-9-10-18(19-12-16)21-14(3)7-8-15(21)4/h7-10,12-13,17H,5-6,11H2,1-4H3/t17-/m1/s1. The first-order valence-electron chi connectivity index (χ1n) is 7.95. The summed E-state index contributed by atoms with van der Waals surface area (Å²) in [5.74, 6) is 1.02. The molecule has 1 aliphatic rings. The van der Waals surface area contributed by atoms with Crippen LogP contribution in [-0.2, 0) is 0 Å². The highest BCUT2D eigenvalue weighted by molar-refractivity contribution is 5.33. The van der Waals surface area contributed by atoms with Gasteiger partial charge in [0.05, 0.1) is 0 Å². The molecule has 112 valence electrons. The maximum Gasteiger partial charge on any atom is 0.136 e. The summed E-state index contributed by atoms with van der Waals surface area (Å²) in [5.41, 5.74) is 3.82. The van der Waals surface area contributed by atoms with Gasteiger partial charge in [-0.25, -0.2) is 4.98 Å². The lowest BCUT2D eigenvalue weighted by Crippen LogP contribution is -2.30. The van der Waals surface area contributed by atoms with Gasteiger partial charge in [0, 0.05) is 29.7 Å². The Labute approximate surface area is 127 Å². The number of aromatic nitrogens is 2. The number of aryl methyl sites for hydroxylation is 2. The van der Waals surface area contributed by atoms with E-state index < -0.39 is 0 Å². The van der Waals surface area contributed by atoms with Gasteiger partial charge in [-0.2, -0.15) is 0 Å². The highest BCUT2D eigenvalue weighted by atomic mass is 15.2. The van der Waals surface area contributed by atoms with Crippen molar-refractivity contribution in [2.24, 2.45) is 0 Å². The molecule has 2 aromatic heterocycles. The maximum atomic E-state index is 4.72. The van der Waals surface area contributed by atoms with Crippen molar-refractivity contribution in [1.82, 2.24) is 14.5 Å². The molecule has 1 fully saturated rings. The molecule has 0 bridgehead atoms. The Balaban J connectivity index is 1.88. The first-order valence-corrected chi connectivity index (χ1v) is 7.95. The molecule has 0 N–H and O–H groups in total. The molecule has 1 saturated heterocycles. The summed E-state index contributed by atoms with van der Waals surface area (Å²) in [4.78, 5) is 7.30. The molecule has 0 radical (unpaired) electrons. The summed E-state index contributed by atoms with van der Waals surface area (Å²) in [6.45, 7) is 10.0. The van der Waals surface area contributed by atoms with Gasteiger partial charge in [-0.05, 0) is 70.8 Å². The van der Waals surface area contributed by atoms with Crippen molar-refractivity contribution in [2.45, 2.75) is 52.6 Å². The van der Waals surface area contributed by atoms with Crippen molar-refractivity contribution in [1.29, 1.82) is 0 Å².